The number of terminal acetylenes is 1. The summed E-state index contributed by atoms with van der Waals surface area (Å²) in [4.78, 5) is 18.9. The minimum atomic E-state index is -3.63. The number of hydrogen-bond acceptors (Lipinski definition) is 5. The van der Waals surface area contributed by atoms with E-state index in [9.17, 15) is 13.2 Å². The van der Waals surface area contributed by atoms with Crippen LogP contribution in [0.1, 0.15) is 17.9 Å². The van der Waals surface area contributed by atoms with E-state index in [0.29, 0.717) is 31.8 Å². The van der Waals surface area contributed by atoms with Crippen molar-refractivity contribution < 1.29 is 17.6 Å². The van der Waals surface area contributed by atoms with E-state index in [0.717, 1.165) is 22.1 Å². The maximum absolute atomic E-state index is 13.1. The second-order valence-electron chi connectivity index (χ2n) is 8.06. The van der Waals surface area contributed by atoms with Gasteiger partial charge in [-0.05, 0) is 47.0 Å². The Morgan fingerprint density at radius 3 is 2.62 bits per heavy atom. The summed E-state index contributed by atoms with van der Waals surface area (Å²) in [5.41, 5.74) is 3.47. The van der Waals surface area contributed by atoms with Crippen LogP contribution in [0.3, 0.4) is 0 Å². The Balaban J connectivity index is 1.24. The molecule has 0 aliphatic carbocycles. The molecule has 7 nitrogen and oxygen atoms in total. The van der Waals surface area contributed by atoms with E-state index in [4.69, 9.17) is 10.8 Å². The van der Waals surface area contributed by atoms with Gasteiger partial charge in [-0.3, -0.25) is 9.78 Å². The fourth-order valence-electron chi connectivity index (χ4n) is 4.30. The average Bonchev–Trinajstić information content (AvgIpc) is 3.52. The summed E-state index contributed by atoms with van der Waals surface area (Å²) in [5.74, 6) is 2.32. The number of sulfonamides is 1. The molecule has 2 aliphatic rings. The molecule has 0 radical (unpaired) electrons. The number of hydrogen-bond donors (Lipinski definition) is 0. The summed E-state index contributed by atoms with van der Waals surface area (Å²) in [6, 6.07) is 10.3. The number of amides is 1. The fraction of sp³-hybridized carbons (Fsp3) is 0.250. The van der Waals surface area contributed by atoms with Gasteiger partial charge in [0.05, 0.1) is 17.1 Å². The molecule has 5 rings (SSSR count). The van der Waals surface area contributed by atoms with Gasteiger partial charge in [0.15, 0.2) is 0 Å². The van der Waals surface area contributed by atoms with Crippen molar-refractivity contribution >= 4 is 26.9 Å². The molecule has 0 N–H and O–H groups in total. The number of pyridine rings is 1. The summed E-state index contributed by atoms with van der Waals surface area (Å²) in [6.07, 6.45) is 10.7. The van der Waals surface area contributed by atoms with Crippen LogP contribution < -0.4 is 0 Å². The number of carbonyl (C=O) groups excluding carboxylic acids is 1. The third-order valence-electron chi connectivity index (χ3n) is 6.08. The maximum Gasteiger partial charge on any atom is 0.243 e. The molecule has 0 fully saturated rings. The third kappa shape index (κ3) is 3.60. The summed E-state index contributed by atoms with van der Waals surface area (Å²) in [7, 11) is -3.63. The van der Waals surface area contributed by atoms with Crippen LogP contribution in [0.4, 0.5) is 0 Å². The van der Waals surface area contributed by atoms with Gasteiger partial charge in [-0.15, -0.1) is 6.42 Å². The summed E-state index contributed by atoms with van der Waals surface area (Å²) < 4.78 is 33.1. The Kier molecular flexibility index (Phi) is 5.08. The zero-order valence-electron chi connectivity index (χ0n) is 17.3. The second-order valence-corrected chi connectivity index (χ2v) is 10.00. The van der Waals surface area contributed by atoms with Gasteiger partial charge in [-0.2, -0.15) is 4.31 Å². The molecule has 162 valence electrons. The van der Waals surface area contributed by atoms with Gasteiger partial charge in [-0.25, -0.2) is 8.42 Å². The lowest BCUT2D eigenvalue weighted by molar-refractivity contribution is -0.130. The van der Waals surface area contributed by atoms with Crippen LogP contribution in [-0.2, 0) is 14.8 Å². The monoisotopic (exact) mass is 447 g/mol. The fourth-order valence-corrected chi connectivity index (χ4v) is 5.77. The Labute approximate surface area is 186 Å². The molecule has 1 amide bonds. The average molecular weight is 448 g/mol. The number of aromatic nitrogens is 1. The van der Waals surface area contributed by atoms with Gasteiger partial charge < -0.3 is 9.32 Å². The van der Waals surface area contributed by atoms with Crippen LogP contribution in [0, 0.1) is 12.3 Å². The quantitative estimate of drug-likeness (QED) is 0.444. The van der Waals surface area contributed by atoms with Crippen molar-refractivity contribution in [2.24, 2.45) is 0 Å². The SMILES string of the molecule is C#CC(CC(=O)N1CC2=C(C1)CN(S(=O)(=O)c1ccc3occc3c1)C2)c1cccnc1. The van der Waals surface area contributed by atoms with E-state index < -0.39 is 10.0 Å². The normalized spacial score (nSPS) is 17.5. The van der Waals surface area contributed by atoms with Crippen molar-refractivity contribution in [3.8, 4) is 12.3 Å². The van der Waals surface area contributed by atoms with Crippen LogP contribution >= 0.6 is 0 Å². The van der Waals surface area contributed by atoms with Gasteiger partial charge in [0, 0.05) is 50.4 Å². The van der Waals surface area contributed by atoms with Gasteiger partial charge in [-0.1, -0.05) is 12.0 Å². The van der Waals surface area contributed by atoms with Crippen molar-refractivity contribution in [3.05, 3.63) is 71.8 Å². The molecular weight excluding hydrogens is 426 g/mol. The van der Waals surface area contributed by atoms with Crippen LogP contribution in [0.15, 0.2) is 75.5 Å². The standard InChI is InChI=1S/C24H21N3O4S/c1-2-17(19-4-3-8-25-12-19)11-24(28)26-13-20-15-27(16-21(20)14-26)32(29,30)22-5-6-23-18(10-22)7-9-31-23/h1,3-10,12,17H,11,13-16H2. The zero-order valence-corrected chi connectivity index (χ0v) is 18.1. The highest BCUT2D eigenvalue weighted by molar-refractivity contribution is 7.89. The lowest BCUT2D eigenvalue weighted by Crippen LogP contribution is -2.36. The predicted octanol–water partition coefficient (Wildman–Crippen LogP) is 2.78. The number of nitrogens with zero attached hydrogens (tertiary/aromatic N) is 3. The first-order chi connectivity index (χ1) is 15.5. The number of furan rings is 1. The molecule has 8 heteroatoms. The molecule has 1 atom stereocenters. The number of carbonyl (C=O) groups is 1. The van der Waals surface area contributed by atoms with Crippen molar-refractivity contribution in [2.45, 2.75) is 17.2 Å². The highest BCUT2D eigenvalue weighted by atomic mass is 32.2. The van der Waals surface area contributed by atoms with Crippen molar-refractivity contribution in [1.29, 1.82) is 0 Å². The first kappa shape index (κ1) is 20.5. The van der Waals surface area contributed by atoms with Crippen LogP contribution in [0.25, 0.3) is 11.0 Å². The first-order valence-electron chi connectivity index (χ1n) is 10.3. The topological polar surface area (TPSA) is 83.7 Å². The Morgan fingerprint density at radius 1 is 1.16 bits per heavy atom. The van der Waals surface area contributed by atoms with Crippen molar-refractivity contribution in [1.82, 2.24) is 14.2 Å². The number of fused-ring (bicyclic) bond motifs is 1. The van der Waals surface area contributed by atoms with Crippen molar-refractivity contribution in [2.75, 3.05) is 26.2 Å². The van der Waals surface area contributed by atoms with Crippen LogP contribution in [0.2, 0.25) is 0 Å². The molecule has 3 aromatic rings. The van der Waals surface area contributed by atoms with Gasteiger partial charge in [0.1, 0.15) is 5.58 Å². The maximum atomic E-state index is 13.1. The van der Waals surface area contributed by atoms with Crippen molar-refractivity contribution in [3.63, 3.8) is 0 Å². The molecule has 32 heavy (non-hydrogen) atoms. The van der Waals surface area contributed by atoms with E-state index in [1.807, 2.05) is 6.07 Å². The molecule has 0 bridgehead atoms. The highest BCUT2D eigenvalue weighted by Crippen LogP contribution is 2.32. The molecule has 0 saturated heterocycles. The first-order valence-corrected chi connectivity index (χ1v) is 11.7. The lowest BCUT2D eigenvalue weighted by Gasteiger charge is -2.23. The minimum Gasteiger partial charge on any atom is -0.464 e. The van der Waals surface area contributed by atoms with E-state index in [-0.39, 0.29) is 23.1 Å². The van der Waals surface area contributed by atoms with E-state index in [2.05, 4.69) is 10.9 Å². The molecular formula is C24H21N3O4S. The summed E-state index contributed by atoms with van der Waals surface area (Å²) in [6.45, 7) is 1.47. The van der Waals surface area contributed by atoms with Gasteiger partial charge in [0.2, 0.25) is 15.9 Å². The molecule has 2 aliphatic heterocycles. The van der Waals surface area contributed by atoms with E-state index in [1.165, 1.54) is 10.6 Å². The van der Waals surface area contributed by atoms with E-state index >= 15 is 0 Å². The Hall–Kier alpha value is -3.41. The lowest BCUT2D eigenvalue weighted by atomic mass is 9.97. The van der Waals surface area contributed by atoms with Gasteiger partial charge >= 0.3 is 0 Å². The summed E-state index contributed by atoms with van der Waals surface area (Å²) in [5, 5.41) is 0.749. The molecule has 1 unspecified atom stereocenters. The summed E-state index contributed by atoms with van der Waals surface area (Å²) >= 11 is 0. The smallest absolute Gasteiger partial charge is 0.243 e. The third-order valence-corrected chi connectivity index (χ3v) is 7.87. The van der Waals surface area contributed by atoms with Crippen LogP contribution in [-0.4, -0.2) is 54.7 Å². The highest BCUT2D eigenvalue weighted by Gasteiger charge is 2.38. The molecule has 2 aromatic heterocycles. The molecule has 0 spiro atoms. The predicted molar refractivity (Wildman–Crippen MR) is 119 cm³/mol. The molecule has 0 saturated carbocycles. The Morgan fingerprint density at radius 2 is 1.94 bits per heavy atom. The Bertz CT molecular complexity index is 1350. The molecule has 1 aromatic carbocycles. The van der Waals surface area contributed by atoms with E-state index in [1.54, 1.807) is 47.6 Å². The molecule has 4 heterocycles. The number of benzene rings is 1. The van der Waals surface area contributed by atoms with Crippen LogP contribution in [0.5, 0.6) is 0 Å². The largest absolute Gasteiger partial charge is 0.464 e. The number of rotatable bonds is 5. The van der Waals surface area contributed by atoms with Gasteiger partial charge in [0.25, 0.3) is 0 Å². The zero-order chi connectivity index (χ0) is 22.3. The second kappa shape index (κ2) is 7.93. The minimum absolute atomic E-state index is 0.0361.